The van der Waals surface area contributed by atoms with Gasteiger partial charge in [-0.05, 0) is 39.0 Å². The zero-order valence-electron chi connectivity index (χ0n) is 17.1. The average Bonchev–Trinajstić information content (AvgIpc) is 3.08. The van der Waals surface area contributed by atoms with Crippen LogP contribution in [0.2, 0.25) is 0 Å². The van der Waals surface area contributed by atoms with E-state index in [1.807, 2.05) is 25.3 Å². The molecule has 8 heteroatoms. The summed E-state index contributed by atoms with van der Waals surface area (Å²) >= 11 is 0. The van der Waals surface area contributed by atoms with E-state index < -0.39 is 5.82 Å². The van der Waals surface area contributed by atoms with Crippen LogP contribution in [0.5, 0.6) is 0 Å². The first-order chi connectivity index (χ1) is 14.4. The van der Waals surface area contributed by atoms with E-state index in [1.54, 1.807) is 21.2 Å². The smallest absolute Gasteiger partial charge is 0.258 e. The number of hydrogen-bond donors (Lipinski definition) is 1. The van der Waals surface area contributed by atoms with Crippen LogP contribution < -0.4 is 15.8 Å². The molecule has 154 valence electrons. The molecule has 0 bridgehead atoms. The molecule has 2 unspecified atom stereocenters. The summed E-state index contributed by atoms with van der Waals surface area (Å²) in [6.07, 6.45) is 5.33. The Labute approximate surface area is 172 Å². The van der Waals surface area contributed by atoms with Crippen LogP contribution in [0.15, 0.2) is 47.7 Å². The number of hydrogen-bond acceptors (Lipinski definition) is 5. The third kappa shape index (κ3) is 3.23. The maximum absolute atomic E-state index is 14.5. The minimum atomic E-state index is -0.445. The van der Waals surface area contributed by atoms with Crippen molar-refractivity contribution in [1.82, 2.24) is 24.1 Å². The third-order valence-electron chi connectivity index (χ3n) is 5.49. The zero-order chi connectivity index (χ0) is 21.0. The maximum atomic E-state index is 14.5. The number of piperazine rings is 1. The standard InChI is InChI=1S/C22H23FN6O/c1-13-8-27(9-14(2)24-13)17-4-5-20-26-19(7-21(30)29(20)12-17)16-6-18(23)22-25-15(3)10-28(22)11-16/h4-7,10-14,24H,8-9H2,1-3H3. The Kier molecular flexibility index (Phi) is 4.32. The Hall–Kier alpha value is -3.26. The highest BCUT2D eigenvalue weighted by Crippen LogP contribution is 2.22. The summed E-state index contributed by atoms with van der Waals surface area (Å²) in [5.41, 5.74) is 3.27. The van der Waals surface area contributed by atoms with Crippen LogP contribution in [0.1, 0.15) is 19.5 Å². The van der Waals surface area contributed by atoms with Gasteiger partial charge < -0.3 is 14.6 Å². The van der Waals surface area contributed by atoms with E-state index in [1.165, 1.54) is 12.1 Å². The van der Waals surface area contributed by atoms with Crippen molar-refractivity contribution < 1.29 is 4.39 Å². The molecule has 4 aromatic heterocycles. The van der Waals surface area contributed by atoms with E-state index in [9.17, 15) is 9.18 Å². The minimum Gasteiger partial charge on any atom is -0.367 e. The molecular weight excluding hydrogens is 383 g/mol. The third-order valence-corrected chi connectivity index (χ3v) is 5.49. The molecule has 1 saturated heterocycles. The largest absolute Gasteiger partial charge is 0.367 e. The number of halogens is 1. The van der Waals surface area contributed by atoms with E-state index in [0.717, 1.165) is 24.5 Å². The summed E-state index contributed by atoms with van der Waals surface area (Å²) in [4.78, 5) is 23.9. The number of nitrogens with one attached hydrogen (secondary N) is 1. The molecule has 1 fully saturated rings. The number of aromatic nitrogens is 4. The summed E-state index contributed by atoms with van der Waals surface area (Å²) in [5, 5.41) is 3.51. The number of nitrogens with zero attached hydrogens (tertiary/aromatic N) is 5. The van der Waals surface area contributed by atoms with Gasteiger partial charge >= 0.3 is 0 Å². The van der Waals surface area contributed by atoms with Crippen LogP contribution >= 0.6 is 0 Å². The number of pyridine rings is 2. The fraction of sp³-hybridized carbons (Fsp3) is 0.318. The fourth-order valence-electron chi connectivity index (χ4n) is 4.28. The summed E-state index contributed by atoms with van der Waals surface area (Å²) < 4.78 is 17.6. The monoisotopic (exact) mass is 406 g/mol. The van der Waals surface area contributed by atoms with Gasteiger partial charge in [0.05, 0.1) is 17.1 Å². The van der Waals surface area contributed by atoms with Gasteiger partial charge in [-0.25, -0.2) is 14.4 Å². The second kappa shape index (κ2) is 6.91. The number of fused-ring (bicyclic) bond motifs is 2. The molecule has 7 nitrogen and oxygen atoms in total. The Morgan fingerprint density at radius 1 is 1.07 bits per heavy atom. The first-order valence-corrected chi connectivity index (χ1v) is 10.1. The van der Waals surface area contributed by atoms with Crippen LogP contribution in [-0.4, -0.2) is 43.9 Å². The van der Waals surface area contributed by atoms with Crippen molar-refractivity contribution in [3.63, 3.8) is 0 Å². The lowest BCUT2D eigenvalue weighted by Crippen LogP contribution is -2.54. The first-order valence-electron chi connectivity index (χ1n) is 10.1. The Morgan fingerprint density at radius 2 is 1.83 bits per heavy atom. The quantitative estimate of drug-likeness (QED) is 0.554. The van der Waals surface area contributed by atoms with Crippen LogP contribution in [0, 0.1) is 12.7 Å². The van der Waals surface area contributed by atoms with E-state index in [0.29, 0.717) is 29.0 Å². The van der Waals surface area contributed by atoms with Gasteiger partial charge in [0, 0.05) is 55.4 Å². The van der Waals surface area contributed by atoms with E-state index in [2.05, 4.69) is 34.0 Å². The van der Waals surface area contributed by atoms with Gasteiger partial charge in [-0.1, -0.05) is 0 Å². The Balaban J connectivity index is 1.57. The summed E-state index contributed by atoms with van der Waals surface area (Å²) in [7, 11) is 0. The van der Waals surface area contributed by atoms with Crippen molar-refractivity contribution in [2.75, 3.05) is 18.0 Å². The molecule has 1 N–H and O–H groups in total. The van der Waals surface area contributed by atoms with E-state index >= 15 is 0 Å². The lowest BCUT2D eigenvalue weighted by molar-refractivity contribution is 0.407. The normalized spacial score (nSPS) is 19.7. The van der Waals surface area contributed by atoms with Gasteiger partial charge in [0.2, 0.25) is 0 Å². The molecular formula is C22H23FN6O. The maximum Gasteiger partial charge on any atom is 0.258 e. The lowest BCUT2D eigenvalue weighted by atomic mass is 10.1. The van der Waals surface area contributed by atoms with Crippen molar-refractivity contribution in [1.29, 1.82) is 0 Å². The molecule has 30 heavy (non-hydrogen) atoms. The van der Waals surface area contributed by atoms with Gasteiger partial charge in [-0.2, -0.15) is 0 Å². The second-order valence-electron chi connectivity index (χ2n) is 8.16. The molecule has 4 aromatic rings. The molecule has 0 spiro atoms. The van der Waals surface area contributed by atoms with Crippen LogP contribution in [-0.2, 0) is 0 Å². The highest BCUT2D eigenvalue weighted by atomic mass is 19.1. The van der Waals surface area contributed by atoms with Crippen molar-refractivity contribution in [2.24, 2.45) is 0 Å². The molecule has 2 atom stereocenters. The highest BCUT2D eigenvalue weighted by molar-refractivity contribution is 5.64. The number of aryl methyl sites for hydroxylation is 1. The zero-order valence-corrected chi connectivity index (χ0v) is 17.1. The van der Waals surface area contributed by atoms with Gasteiger partial charge in [0.25, 0.3) is 5.56 Å². The molecule has 0 radical (unpaired) electrons. The molecule has 1 aliphatic heterocycles. The Morgan fingerprint density at radius 3 is 2.60 bits per heavy atom. The molecule has 0 amide bonds. The van der Waals surface area contributed by atoms with Gasteiger partial charge in [0.15, 0.2) is 11.5 Å². The van der Waals surface area contributed by atoms with Crippen LogP contribution in [0.3, 0.4) is 0 Å². The molecule has 0 aromatic carbocycles. The van der Waals surface area contributed by atoms with Gasteiger partial charge in [-0.15, -0.1) is 0 Å². The second-order valence-corrected chi connectivity index (χ2v) is 8.16. The lowest BCUT2D eigenvalue weighted by Gasteiger charge is -2.37. The molecule has 0 aliphatic carbocycles. The van der Waals surface area contributed by atoms with Gasteiger partial charge in [0.1, 0.15) is 5.65 Å². The number of imidazole rings is 1. The topological polar surface area (TPSA) is 66.9 Å². The van der Waals surface area contributed by atoms with E-state index in [-0.39, 0.29) is 11.2 Å². The summed E-state index contributed by atoms with van der Waals surface area (Å²) in [5.74, 6) is -0.445. The number of anilines is 1. The van der Waals surface area contributed by atoms with Crippen molar-refractivity contribution >= 4 is 17.0 Å². The molecule has 0 saturated carbocycles. The van der Waals surface area contributed by atoms with Crippen LogP contribution in [0.4, 0.5) is 10.1 Å². The predicted octanol–water partition coefficient (Wildman–Crippen LogP) is 2.64. The van der Waals surface area contributed by atoms with Crippen molar-refractivity contribution in [2.45, 2.75) is 32.9 Å². The van der Waals surface area contributed by atoms with Crippen molar-refractivity contribution in [3.8, 4) is 11.3 Å². The van der Waals surface area contributed by atoms with Gasteiger partial charge in [-0.3, -0.25) is 9.20 Å². The SMILES string of the molecule is Cc1cn2cc(-c3cc(=O)n4cc(N5CC(C)NC(C)C5)ccc4n3)cc(F)c2n1. The molecule has 5 rings (SSSR count). The average molecular weight is 406 g/mol. The highest BCUT2D eigenvalue weighted by Gasteiger charge is 2.21. The van der Waals surface area contributed by atoms with Crippen LogP contribution in [0.25, 0.3) is 22.6 Å². The van der Waals surface area contributed by atoms with Crippen molar-refractivity contribution in [3.05, 3.63) is 64.7 Å². The summed E-state index contributed by atoms with van der Waals surface area (Å²) in [6.45, 7) is 7.87. The van der Waals surface area contributed by atoms with E-state index in [4.69, 9.17) is 0 Å². The molecule has 1 aliphatic rings. The Bertz CT molecular complexity index is 1320. The fourth-order valence-corrected chi connectivity index (χ4v) is 4.28. The molecule has 5 heterocycles. The predicted molar refractivity (Wildman–Crippen MR) is 115 cm³/mol. The summed E-state index contributed by atoms with van der Waals surface area (Å²) in [6, 6.07) is 7.39. The number of rotatable bonds is 2. The minimum absolute atomic E-state index is 0.199. The first kappa shape index (κ1) is 18.7.